The number of rotatable bonds is 2. The third-order valence-electron chi connectivity index (χ3n) is 2.08. The van der Waals surface area contributed by atoms with Crippen LogP contribution in [0.5, 0.6) is 0 Å². The monoisotopic (exact) mass is 180 g/mol. The van der Waals surface area contributed by atoms with Crippen molar-refractivity contribution >= 4 is 11.6 Å². The van der Waals surface area contributed by atoms with E-state index in [1.165, 1.54) is 22.3 Å². The minimum absolute atomic E-state index is 0.736. The van der Waals surface area contributed by atoms with Crippen molar-refractivity contribution in [1.29, 1.82) is 0 Å². The van der Waals surface area contributed by atoms with Crippen LogP contribution in [0.2, 0.25) is 0 Å². The normalized spacial score (nSPS) is 10.3. The summed E-state index contributed by atoms with van der Waals surface area (Å²) in [6.45, 7) is 6.34. The molecule has 1 heteroatoms. The van der Waals surface area contributed by atoms with Crippen LogP contribution in [0.3, 0.4) is 0 Å². The van der Waals surface area contributed by atoms with Crippen molar-refractivity contribution in [3.8, 4) is 0 Å². The van der Waals surface area contributed by atoms with Crippen LogP contribution in [0.25, 0.3) is 0 Å². The van der Waals surface area contributed by atoms with E-state index < -0.39 is 0 Å². The SMILES string of the molecule is Cc1cc(C)c(C[C]Cl)c(C)c1. The van der Waals surface area contributed by atoms with Gasteiger partial charge in [-0.3, -0.25) is 0 Å². The fourth-order valence-corrected chi connectivity index (χ4v) is 1.69. The molecule has 1 aromatic carbocycles. The third-order valence-corrected chi connectivity index (χ3v) is 2.22. The zero-order valence-corrected chi connectivity index (χ0v) is 8.50. The second kappa shape index (κ2) is 3.95. The average molecular weight is 181 g/mol. The Morgan fingerprint density at radius 2 is 1.67 bits per heavy atom. The highest BCUT2D eigenvalue weighted by Crippen LogP contribution is 2.18. The van der Waals surface area contributed by atoms with Gasteiger partial charge in [-0.1, -0.05) is 17.7 Å². The van der Waals surface area contributed by atoms with Gasteiger partial charge in [-0.05, 0) is 43.9 Å². The van der Waals surface area contributed by atoms with E-state index in [0.29, 0.717) is 0 Å². The maximum Gasteiger partial charge on any atom is 0.0911 e. The summed E-state index contributed by atoms with van der Waals surface area (Å²) < 4.78 is 0. The molecule has 0 aromatic heterocycles. The van der Waals surface area contributed by atoms with Gasteiger partial charge in [0.05, 0.1) is 5.88 Å². The van der Waals surface area contributed by atoms with Gasteiger partial charge < -0.3 is 0 Å². The zero-order valence-electron chi connectivity index (χ0n) is 7.74. The summed E-state index contributed by atoms with van der Waals surface area (Å²) in [6, 6.07) is 4.35. The number of aryl methyl sites for hydroxylation is 3. The molecule has 1 rings (SSSR count). The largest absolute Gasteiger partial charge is 0.115 e. The molecule has 12 heavy (non-hydrogen) atoms. The molecule has 0 saturated heterocycles. The molecule has 0 N–H and O–H groups in total. The van der Waals surface area contributed by atoms with Crippen LogP contribution in [0, 0.1) is 26.7 Å². The second-order valence-corrected chi connectivity index (χ2v) is 3.45. The highest BCUT2D eigenvalue weighted by molar-refractivity contribution is 6.23. The van der Waals surface area contributed by atoms with E-state index in [9.17, 15) is 0 Å². The molecule has 0 spiro atoms. The molecule has 0 heterocycles. The van der Waals surface area contributed by atoms with E-state index in [1.807, 2.05) is 0 Å². The number of halogens is 1. The fraction of sp³-hybridized carbons (Fsp3) is 0.364. The van der Waals surface area contributed by atoms with Gasteiger partial charge in [-0.25, -0.2) is 0 Å². The number of benzene rings is 1. The van der Waals surface area contributed by atoms with Crippen molar-refractivity contribution in [3.63, 3.8) is 0 Å². The van der Waals surface area contributed by atoms with Crippen molar-refractivity contribution in [2.45, 2.75) is 27.2 Å². The molecule has 0 aliphatic heterocycles. The van der Waals surface area contributed by atoms with Crippen LogP contribution in [0.1, 0.15) is 22.3 Å². The highest BCUT2D eigenvalue weighted by atomic mass is 35.5. The standard InChI is InChI=1S/C11H13Cl/c1-8-6-9(2)11(4-5-12)10(3)7-8/h6-7H,4H2,1-3H3. The van der Waals surface area contributed by atoms with E-state index in [1.54, 1.807) is 0 Å². The summed E-state index contributed by atoms with van der Waals surface area (Å²) in [7, 11) is 0. The molecule has 2 radical (unpaired) electrons. The van der Waals surface area contributed by atoms with Crippen LogP contribution in [0.4, 0.5) is 0 Å². The van der Waals surface area contributed by atoms with Crippen LogP contribution in [-0.4, -0.2) is 0 Å². The first kappa shape index (κ1) is 9.60. The lowest BCUT2D eigenvalue weighted by Gasteiger charge is -2.08. The minimum Gasteiger partial charge on any atom is -0.115 e. The Morgan fingerprint density at radius 3 is 2.08 bits per heavy atom. The maximum absolute atomic E-state index is 5.47. The van der Waals surface area contributed by atoms with Gasteiger partial charge in [0.25, 0.3) is 0 Å². The predicted octanol–water partition coefficient (Wildman–Crippen LogP) is 3.43. The van der Waals surface area contributed by atoms with Crippen molar-refractivity contribution in [2.75, 3.05) is 0 Å². The number of hydrogen-bond donors (Lipinski definition) is 0. The summed E-state index contributed by atoms with van der Waals surface area (Å²) in [5, 5.41) is 0. The third kappa shape index (κ3) is 2.01. The van der Waals surface area contributed by atoms with Gasteiger partial charge in [0.15, 0.2) is 0 Å². The number of hydrogen-bond acceptors (Lipinski definition) is 0. The molecule has 0 aliphatic rings. The summed E-state index contributed by atoms with van der Waals surface area (Å²) in [5.74, 6) is 2.66. The average Bonchev–Trinajstić information content (AvgIpc) is 1.96. The van der Waals surface area contributed by atoms with E-state index in [4.69, 9.17) is 11.6 Å². The molecule has 0 amide bonds. The Hall–Kier alpha value is -0.490. The molecule has 64 valence electrons. The van der Waals surface area contributed by atoms with Crippen LogP contribution in [0.15, 0.2) is 12.1 Å². The topological polar surface area (TPSA) is 0 Å². The Labute approximate surface area is 79.6 Å². The predicted molar refractivity (Wildman–Crippen MR) is 53.5 cm³/mol. The Balaban J connectivity index is 3.10. The first-order chi connectivity index (χ1) is 5.65. The van der Waals surface area contributed by atoms with Crippen LogP contribution in [-0.2, 0) is 6.42 Å². The fourth-order valence-electron chi connectivity index (χ4n) is 1.56. The molecular formula is C11H13Cl. The van der Waals surface area contributed by atoms with E-state index in [0.717, 1.165) is 6.42 Å². The van der Waals surface area contributed by atoms with E-state index >= 15 is 0 Å². The van der Waals surface area contributed by atoms with Crippen molar-refractivity contribution < 1.29 is 0 Å². The van der Waals surface area contributed by atoms with Gasteiger partial charge >= 0.3 is 0 Å². The molecule has 0 fully saturated rings. The lowest BCUT2D eigenvalue weighted by Crippen LogP contribution is -1.93. The van der Waals surface area contributed by atoms with E-state index in [-0.39, 0.29) is 0 Å². The van der Waals surface area contributed by atoms with Gasteiger partial charge in [-0.15, -0.1) is 11.6 Å². The Bertz CT molecular complexity index is 253. The van der Waals surface area contributed by atoms with Gasteiger partial charge in [0.1, 0.15) is 0 Å². The molecule has 0 nitrogen and oxygen atoms in total. The lowest BCUT2D eigenvalue weighted by molar-refractivity contribution is 1.14. The van der Waals surface area contributed by atoms with Crippen molar-refractivity contribution in [3.05, 3.63) is 40.3 Å². The van der Waals surface area contributed by atoms with Gasteiger partial charge in [0.2, 0.25) is 0 Å². The second-order valence-electron chi connectivity index (χ2n) is 3.19. The van der Waals surface area contributed by atoms with E-state index in [2.05, 4.69) is 38.8 Å². The van der Waals surface area contributed by atoms with Crippen LogP contribution >= 0.6 is 11.6 Å². The summed E-state index contributed by atoms with van der Waals surface area (Å²) >= 11 is 5.47. The zero-order chi connectivity index (χ0) is 9.14. The molecule has 0 unspecified atom stereocenters. The highest BCUT2D eigenvalue weighted by Gasteiger charge is 2.02. The minimum atomic E-state index is 0.736. The molecule has 0 saturated carbocycles. The van der Waals surface area contributed by atoms with Crippen molar-refractivity contribution in [1.82, 2.24) is 0 Å². The molecular weight excluding hydrogens is 168 g/mol. The summed E-state index contributed by atoms with van der Waals surface area (Å²) in [4.78, 5) is 0. The van der Waals surface area contributed by atoms with Crippen molar-refractivity contribution in [2.24, 2.45) is 0 Å². The summed E-state index contributed by atoms with van der Waals surface area (Å²) in [6.07, 6.45) is 0.736. The van der Waals surface area contributed by atoms with Gasteiger partial charge in [-0.2, -0.15) is 0 Å². The smallest absolute Gasteiger partial charge is 0.0911 e. The van der Waals surface area contributed by atoms with Gasteiger partial charge in [0, 0.05) is 0 Å². The van der Waals surface area contributed by atoms with Crippen LogP contribution < -0.4 is 0 Å². The Kier molecular flexibility index (Phi) is 3.16. The molecule has 1 aromatic rings. The Morgan fingerprint density at radius 1 is 1.17 bits per heavy atom. The maximum atomic E-state index is 5.47. The summed E-state index contributed by atoms with van der Waals surface area (Å²) in [5.41, 5.74) is 5.22. The molecule has 0 atom stereocenters. The first-order valence-electron chi connectivity index (χ1n) is 4.05. The lowest BCUT2D eigenvalue weighted by atomic mass is 9.98. The quantitative estimate of drug-likeness (QED) is 0.654. The molecule has 0 bridgehead atoms. The first-order valence-corrected chi connectivity index (χ1v) is 4.43. The molecule has 0 aliphatic carbocycles.